The van der Waals surface area contributed by atoms with Crippen molar-refractivity contribution in [2.45, 2.75) is 25.3 Å². The summed E-state index contributed by atoms with van der Waals surface area (Å²) in [6.45, 7) is 2.36. The maximum absolute atomic E-state index is 12.9. The van der Waals surface area contributed by atoms with Crippen LogP contribution in [-0.2, 0) is 6.42 Å². The molecule has 1 atom stereocenters. The summed E-state index contributed by atoms with van der Waals surface area (Å²) in [7, 11) is 3.62. The number of rotatable bonds is 6. The summed E-state index contributed by atoms with van der Waals surface area (Å²) in [5, 5.41) is 10.3. The summed E-state index contributed by atoms with van der Waals surface area (Å²) in [5.74, 6) is 0.117. The SMILES string of the molecule is COc1cccc(C(=O)N2CCCC(N(C)CCc3ccccc3)C2)c1O. The van der Waals surface area contributed by atoms with Gasteiger partial charge in [0, 0.05) is 25.7 Å². The number of likely N-dealkylation sites (N-methyl/N-ethyl adjacent to an activating group) is 1. The molecule has 2 aromatic carbocycles. The zero-order valence-corrected chi connectivity index (χ0v) is 16.1. The Morgan fingerprint density at radius 1 is 1.22 bits per heavy atom. The minimum atomic E-state index is -0.132. The zero-order chi connectivity index (χ0) is 19.2. The Morgan fingerprint density at radius 3 is 2.74 bits per heavy atom. The van der Waals surface area contributed by atoms with Crippen molar-refractivity contribution in [3.63, 3.8) is 0 Å². The van der Waals surface area contributed by atoms with E-state index < -0.39 is 0 Å². The average Bonchev–Trinajstić information content (AvgIpc) is 2.72. The molecule has 1 heterocycles. The Kier molecular flexibility index (Phi) is 6.35. The number of aromatic hydroxyl groups is 1. The van der Waals surface area contributed by atoms with E-state index in [1.807, 2.05) is 11.0 Å². The number of ether oxygens (including phenoxy) is 1. The second-order valence-corrected chi connectivity index (χ2v) is 7.12. The van der Waals surface area contributed by atoms with Gasteiger partial charge in [-0.25, -0.2) is 0 Å². The second kappa shape index (κ2) is 8.91. The fourth-order valence-corrected chi connectivity index (χ4v) is 3.66. The summed E-state index contributed by atoms with van der Waals surface area (Å²) in [6.07, 6.45) is 3.05. The number of phenols is 1. The highest BCUT2D eigenvalue weighted by molar-refractivity contribution is 5.97. The van der Waals surface area contributed by atoms with E-state index in [-0.39, 0.29) is 11.7 Å². The Balaban J connectivity index is 1.62. The molecule has 0 aliphatic carbocycles. The summed E-state index contributed by atoms with van der Waals surface area (Å²) < 4.78 is 5.13. The van der Waals surface area contributed by atoms with Crippen molar-refractivity contribution in [2.24, 2.45) is 0 Å². The van der Waals surface area contributed by atoms with Gasteiger partial charge in [0.15, 0.2) is 11.5 Å². The van der Waals surface area contributed by atoms with Gasteiger partial charge >= 0.3 is 0 Å². The lowest BCUT2D eigenvalue weighted by Crippen LogP contribution is -2.49. The highest BCUT2D eigenvalue weighted by Crippen LogP contribution is 2.31. The molecular formula is C22H28N2O3. The maximum Gasteiger partial charge on any atom is 0.257 e. The zero-order valence-electron chi connectivity index (χ0n) is 16.1. The van der Waals surface area contributed by atoms with Crippen molar-refractivity contribution in [1.82, 2.24) is 9.80 Å². The normalized spacial score (nSPS) is 17.1. The fourth-order valence-electron chi connectivity index (χ4n) is 3.66. The van der Waals surface area contributed by atoms with E-state index in [0.29, 0.717) is 23.9 Å². The van der Waals surface area contributed by atoms with Crippen LogP contribution in [-0.4, -0.2) is 60.6 Å². The third-order valence-electron chi connectivity index (χ3n) is 5.35. The molecule has 1 N–H and O–H groups in total. The number of phenolic OH excluding ortho intramolecular Hbond substituents is 1. The topological polar surface area (TPSA) is 53.0 Å². The molecule has 1 saturated heterocycles. The number of hydrogen-bond acceptors (Lipinski definition) is 4. The molecule has 1 fully saturated rings. The Hall–Kier alpha value is -2.53. The number of carbonyl (C=O) groups is 1. The fraction of sp³-hybridized carbons (Fsp3) is 0.409. The number of benzene rings is 2. The van der Waals surface area contributed by atoms with Gasteiger partial charge in [-0.3, -0.25) is 4.79 Å². The van der Waals surface area contributed by atoms with E-state index in [0.717, 1.165) is 32.4 Å². The molecule has 0 saturated carbocycles. The minimum absolute atomic E-state index is 0.0791. The van der Waals surface area contributed by atoms with Crippen LogP contribution < -0.4 is 4.74 Å². The number of amides is 1. The number of likely N-dealkylation sites (tertiary alicyclic amines) is 1. The van der Waals surface area contributed by atoms with Crippen molar-refractivity contribution < 1.29 is 14.6 Å². The number of piperidine rings is 1. The smallest absolute Gasteiger partial charge is 0.257 e. The molecule has 1 unspecified atom stereocenters. The Labute approximate surface area is 161 Å². The largest absolute Gasteiger partial charge is 0.504 e. The van der Waals surface area contributed by atoms with Crippen LogP contribution in [0, 0.1) is 0 Å². The molecule has 0 spiro atoms. The molecule has 3 rings (SSSR count). The van der Waals surface area contributed by atoms with E-state index in [2.05, 4.69) is 36.2 Å². The number of methoxy groups -OCH3 is 1. The Morgan fingerprint density at radius 2 is 2.00 bits per heavy atom. The van der Waals surface area contributed by atoms with E-state index in [1.54, 1.807) is 18.2 Å². The van der Waals surface area contributed by atoms with Crippen LogP contribution in [0.15, 0.2) is 48.5 Å². The highest BCUT2D eigenvalue weighted by Gasteiger charge is 2.28. The van der Waals surface area contributed by atoms with Gasteiger partial charge in [0.1, 0.15) is 0 Å². The number of carbonyl (C=O) groups excluding carboxylic acids is 1. The number of para-hydroxylation sites is 1. The van der Waals surface area contributed by atoms with Gasteiger partial charge in [0.25, 0.3) is 5.91 Å². The maximum atomic E-state index is 12.9. The minimum Gasteiger partial charge on any atom is -0.504 e. The van der Waals surface area contributed by atoms with Gasteiger partial charge < -0.3 is 19.6 Å². The molecular weight excluding hydrogens is 340 g/mol. The van der Waals surface area contributed by atoms with Crippen LogP contribution >= 0.6 is 0 Å². The van der Waals surface area contributed by atoms with Crippen molar-refractivity contribution >= 4 is 5.91 Å². The first-order valence-electron chi connectivity index (χ1n) is 9.49. The lowest BCUT2D eigenvalue weighted by molar-refractivity contribution is 0.0608. The van der Waals surface area contributed by atoms with Gasteiger partial charge in [-0.2, -0.15) is 0 Å². The lowest BCUT2D eigenvalue weighted by Gasteiger charge is -2.38. The quantitative estimate of drug-likeness (QED) is 0.851. The van der Waals surface area contributed by atoms with Crippen molar-refractivity contribution in [1.29, 1.82) is 0 Å². The summed E-state index contributed by atoms with van der Waals surface area (Å²) >= 11 is 0. The highest BCUT2D eigenvalue weighted by atomic mass is 16.5. The van der Waals surface area contributed by atoms with Gasteiger partial charge in [0.05, 0.1) is 12.7 Å². The molecule has 0 bridgehead atoms. The molecule has 5 nitrogen and oxygen atoms in total. The van der Waals surface area contributed by atoms with Gasteiger partial charge in [0.2, 0.25) is 0 Å². The number of nitrogens with zero attached hydrogens (tertiary/aromatic N) is 2. The van der Waals surface area contributed by atoms with Crippen LogP contribution in [0.25, 0.3) is 0 Å². The van der Waals surface area contributed by atoms with Gasteiger partial charge in [-0.05, 0) is 44.0 Å². The predicted molar refractivity (Wildman–Crippen MR) is 106 cm³/mol. The average molecular weight is 368 g/mol. The molecule has 27 heavy (non-hydrogen) atoms. The molecule has 144 valence electrons. The van der Waals surface area contributed by atoms with Crippen molar-refractivity contribution in [2.75, 3.05) is 33.8 Å². The summed E-state index contributed by atoms with van der Waals surface area (Å²) in [4.78, 5) is 17.1. The molecule has 1 aliphatic heterocycles. The van der Waals surface area contributed by atoms with Crippen LogP contribution in [0.3, 0.4) is 0 Å². The first-order chi connectivity index (χ1) is 13.1. The first kappa shape index (κ1) is 19.2. The summed E-state index contributed by atoms with van der Waals surface area (Å²) in [5.41, 5.74) is 1.64. The standard InChI is InChI=1S/C22H28N2O3/c1-23(15-13-17-8-4-3-5-9-17)18-10-7-14-24(16-18)22(26)19-11-6-12-20(27-2)21(19)25/h3-6,8-9,11-12,18,25H,7,10,13-16H2,1-2H3. The predicted octanol–water partition coefficient (Wildman–Crippen LogP) is 3.18. The van der Waals surface area contributed by atoms with Crippen molar-refractivity contribution in [3.8, 4) is 11.5 Å². The van der Waals surface area contributed by atoms with Crippen LogP contribution in [0.5, 0.6) is 11.5 Å². The molecule has 5 heteroatoms. The lowest BCUT2D eigenvalue weighted by atomic mass is 10.0. The van der Waals surface area contributed by atoms with Crippen LogP contribution in [0.1, 0.15) is 28.8 Å². The van der Waals surface area contributed by atoms with Crippen LogP contribution in [0.4, 0.5) is 0 Å². The molecule has 0 aromatic heterocycles. The number of hydrogen-bond donors (Lipinski definition) is 1. The third kappa shape index (κ3) is 4.61. The molecule has 0 radical (unpaired) electrons. The van der Waals surface area contributed by atoms with E-state index >= 15 is 0 Å². The molecule has 1 aliphatic rings. The first-order valence-corrected chi connectivity index (χ1v) is 9.49. The molecule has 1 amide bonds. The Bertz CT molecular complexity index is 763. The second-order valence-electron chi connectivity index (χ2n) is 7.12. The third-order valence-corrected chi connectivity index (χ3v) is 5.35. The van der Waals surface area contributed by atoms with E-state index in [9.17, 15) is 9.90 Å². The summed E-state index contributed by atoms with van der Waals surface area (Å²) in [6, 6.07) is 15.8. The van der Waals surface area contributed by atoms with Gasteiger partial charge in [-0.1, -0.05) is 36.4 Å². The van der Waals surface area contributed by atoms with Gasteiger partial charge in [-0.15, -0.1) is 0 Å². The van der Waals surface area contributed by atoms with Crippen molar-refractivity contribution in [3.05, 3.63) is 59.7 Å². The van der Waals surface area contributed by atoms with E-state index in [4.69, 9.17) is 4.74 Å². The molecule has 2 aromatic rings. The van der Waals surface area contributed by atoms with E-state index in [1.165, 1.54) is 12.7 Å². The monoisotopic (exact) mass is 368 g/mol. The van der Waals surface area contributed by atoms with Crippen LogP contribution in [0.2, 0.25) is 0 Å².